The third-order valence-corrected chi connectivity index (χ3v) is 3.67. The van der Waals surface area contributed by atoms with Crippen LogP contribution in [0, 0.1) is 0 Å². The highest BCUT2D eigenvalue weighted by Gasteiger charge is 2.15. The molecule has 0 radical (unpaired) electrons. The lowest BCUT2D eigenvalue weighted by molar-refractivity contribution is -0.122. The van der Waals surface area contributed by atoms with E-state index in [1.807, 2.05) is 30.3 Å². The molecule has 1 amide bonds. The average Bonchev–Trinajstić information content (AvgIpc) is 2.36. The van der Waals surface area contributed by atoms with Crippen molar-refractivity contribution in [3.63, 3.8) is 0 Å². The minimum Gasteiger partial charge on any atom is -0.354 e. The van der Waals surface area contributed by atoms with Gasteiger partial charge in [0.2, 0.25) is 5.91 Å². The number of nitrogens with two attached hydrogens (primary N) is 1. The van der Waals surface area contributed by atoms with Gasteiger partial charge >= 0.3 is 0 Å². The number of amides is 1. The molecule has 1 aromatic rings. The Morgan fingerprint density at radius 3 is 2.53 bits per heavy atom. The lowest BCUT2D eigenvalue weighted by Gasteiger charge is -2.11. The van der Waals surface area contributed by atoms with Gasteiger partial charge in [-0.25, -0.2) is 8.42 Å². The van der Waals surface area contributed by atoms with Crippen LogP contribution in [-0.2, 0) is 21.1 Å². The minimum atomic E-state index is -3.08. The Labute approximate surface area is 114 Å². The zero-order chi connectivity index (χ0) is 14.3. The first-order chi connectivity index (χ1) is 8.88. The summed E-state index contributed by atoms with van der Waals surface area (Å²) >= 11 is 0. The molecule has 0 saturated carbocycles. The number of carbonyl (C=O) groups excluding carboxylic acids is 1. The van der Waals surface area contributed by atoms with Crippen LogP contribution in [0.3, 0.4) is 0 Å². The fourth-order valence-electron chi connectivity index (χ4n) is 1.58. The van der Waals surface area contributed by atoms with E-state index in [4.69, 9.17) is 5.73 Å². The lowest BCUT2D eigenvalue weighted by Crippen LogP contribution is -2.42. The molecule has 3 N–H and O–H groups in total. The molecule has 0 spiro atoms. The number of rotatable bonds is 7. The van der Waals surface area contributed by atoms with E-state index in [9.17, 15) is 13.2 Å². The highest BCUT2D eigenvalue weighted by Crippen LogP contribution is 1.99. The number of nitrogens with one attached hydrogen (secondary N) is 1. The highest BCUT2D eigenvalue weighted by atomic mass is 32.2. The van der Waals surface area contributed by atoms with Crippen molar-refractivity contribution in [2.45, 2.75) is 18.9 Å². The zero-order valence-corrected chi connectivity index (χ0v) is 11.8. The minimum absolute atomic E-state index is 0.0692. The van der Waals surface area contributed by atoms with Crippen LogP contribution in [0.5, 0.6) is 0 Å². The van der Waals surface area contributed by atoms with Gasteiger partial charge in [0, 0.05) is 12.8 Å². The average molecular weight is 284 g/mol. The summed E-state index contributed by atoms with van der Waals surface area (Å²) in [6, 6.07) is 9.00. The molecule has 106 valence electrons. The van der Waals surface area contributed by atoms with Gasteiger partial charge in [0.25, 0.3) is 0 Å². The first-order valence-corrected chi connectivity index (χ1v) is 8.19. The maximum Gasteiger partial charge on any atom is 0.236 e. The van der Waals surface area contributed by atoms with Crippen LogP contribution >= 0.6 is 0 Å². The summed E-state index contributed by atoms with van der Waals surface area (Å²) < 4.78 is 21.9. The molecule has 1 rings (SSSR count). The summed E-state index contributed by atoms with van der Waals surface area (Å²) in [4.78, 5) is 11.6. The van der Waals surface area contributed by atoms with Gasteiger partial charge in [-0.1, -0.05) is 30.3 Å². The summed E-state index contributed by atoms with van der Waals surface area (Å²) in [6.45, 7) is 0.495. The SMILES string of the molecule is CS(=O)(=O)CCC(N)C(=O)NCCc1ccccc1. The predicted octanol–water partition coefficient (Wildman–Crippen LogP) is 0.107. The topological polar surface area (TPSA) is 89.3 Å². The van der Waals surface area contributed by atoms with Gasteiger partial charge in [-0.3, -0.25) is 4.79 Å². The Balaban J connectivity index is 2.27. The number of hydrogen-bond donors (Lipinski definition) is 2. The summed E-state index contributed by atoms with van der Waals surface area (Å²) in [6.07, 6.45) is 2.01. The van der Waals surface area contributed by atoms with Gasteiger partial charge in [0.05, 0.1) is 11.8 Å². The van der Waals surface area contributed by atoms with Crippen molar-refractivity contribution in [3.05, 3.63) is 35.9 Å². The van der Waals surface area contributed by atoms with Crippen molar-refractivity contribution < 1.29 is 13.2 Å². The summed E-state index contributed by atoms with van der Waals surface area (Å²) in [5.41, 5.74) is 6.76. The Bertz CT molecular complexity index is 500. The molecule has 0 saturated heterocycles. The Kier molecular flexibility index (Phi) is 5.98. The zero-order valence-electron chi connectivity index (χ0n) is 11.0. The Morgan fingerprint density at radius 2 is 1.95 bits per heavy atom. The number of carbonyl (C=O) groups is 1. The van der Waals surface area contributed by atoms with Crippen LogP contribution in [0.25, 0.3) is 0 Å². The van der Waals surface area contributed by atoms with Gasteiger partial charge in [-0.2, -0.15) is 0 Å². The van der Waals surface area contributed by atoms with Crippen LogP contribution in [0.4, 0.5) is 0 Å². The molecule has 0 fully saturated rings. The second-order valence-corrected chi connectivity index (χ2v) is 6.81. The van der Waals surface area contributed by atoms with E-state index in [0.29, 0.717) is 6.54 Å². The van der Waals surface area contributed by atoms with E-state index in [1.165, 1.54) is 0 Å². The van der Waals surface area contributed by atoms with Gasteiger partial charge in [-0.15, -0.1) is 0 Å². The van der Waals surface area contributed by atoms with E-state index < -0.39 is 15.9 Å². The van der Waals surface area contributed by atoms with Gasteiger partial charge in [0.15, 0.2) is 0 Å². The van der Waals surface area contributed by atoms with Gasteiger partial charge < -0.3 is 11.1 Å². The van der Waals surface area contributed by atoms with Crippen LogP contribution < -0.4 is 11.1 Å². The number of benzene rings is 1. The maximum atomic E-state index is 11.6. The molecule has 0 aliphatic rings. The Morgan fingerprint density at radius 1 is 1.32 bits per heavy atom. The first-order valence-electron chi connectivity index (χ1n) is 6.13. The molecule has 1 atom stereocenters. The van der Waals surface area contributed by atoms with Crippen molar-refractivity contribution in [2.24, 2.45) is 5.73 Å². The van der Waals surface area contributed by atoms with E-state index >= 15 is 0 Å². The molecule has 0 aliphatic heterocycles. The van der Waals surface area contributed by atoms with E-state index in [2.05, 4.69) is 5.32 Å². The van der Waals surface area contributed by atoms with Crippen molar-refractivity contribution in [2.75, 3.05) is 18.6 Å². The summed E-state index contributed by atoms with van der Waals surface area (Å²) in [5, 5.41) is 2.71. The van der Waals surface area contributed by atoms with Crippen LogP contribution in [0.15, 0.2) is 30.3 Å². The molecular formula is C13H20N2O3S. The smallest absolute Gasteiger partial charge is 0.236 e. The molecule has 0 bridgehead atoms. The lowest BCUT2D eigenvalue weighted by atomic mass is 10.1. The Hall–Kier alpha value is -1.40. The normalized spacial score (nSPS) is 12.9. The van der Waals surface area contributed by atoms with E-state index in [-0.39, 0.29) is 18.1 Å². The molecule has 6 heteroatoms. The molecule has 0 heterocycles. The highest BCUT2D eigenvalue weighted by molar-refractivity contribution is 7.90. The number of hydrogen-bond acceptors (Lipinski definition) is 4. The predicted molar refractivity (Wildman–Crippen MR) is 75.5 cm³/mol. The second-order valence-electron chi connectivity index (χ2n) is 4.55. The summed E-state index contributed by atoms with van der Waals surface area (Å²) in [7, 11) is -3.08. The molecular weight excluding hydrogens is 264 g/mol. The summed E-state index contributed by atoms with van der Waals surface area (Å²) in [5.74, 6) is -0.375. The molecule has 1 aromatic carbocycles. The van der Waals surface area contributed by atoms with Gasteiger partial charge in [0.1, 0.15) is 9.84 Å². The quantitative estimate of drug-likeness (QED) is 0.743. The van der Waals surface area contributed by atoms with Crippen molar-refractivity contribution in [1.29, 1.82) is 0 Å². The fraction of sp³-hybridized carbons (Fsp3) is 0.462. The standard InChI is InChI=1S/C13H20N2O3S/c1-19(17,18)10-8-12(14)13(16)15-9-7-11-5-3-2-4-6-11/h2-6,12H,7-10,14H2,1H3,(H,15,16). The van der Waals surface area contributed by atoms with Gasteiger partial charge in [-0.05, 0) is 18.4 Å². The van der Waals surface area contributed by atoms with Crippen molar-refractivity contribution in [1.82, 2.24) is 5.32 Å². The molecule has 0 aliphatic carbocycles. The monoisotopic (exact) mass is 284 g/mol. The molecule has 19 heavy (non-hydrogen) atoms. The largest absolute Gasteiger partial charge is 0.354 e. The number of sulfone groups is 1. The van der Waals surface area contributed by atoms with Crippen molar-refractivity contribution in [3.8, 4) is 0 Å². The molecule has 1 unspecified atom stereocenters. The first kappa shape index (κ1) is 15.7. The fourth-order valence-corrected chi connectivity index (χ4v) is 2.26. The van der Waals surface area contributed by atoms with Crippen LogP contribution in [0.2, 0.25) is 0 Å². The van der Waals surface area contributed by atoms with Crippen LogP contribution in [-0.4, -0.2) is 38.9 Å². The second kappa shape index (κ2) is 7.25. The molecule has 5 nitrogen and oxygen atoms in total. The van der Waals surface area contributed by atoms with E-state index in [0.717, 1.165) is 18.2 Å². The third-order valence-electron chi connectivity index (χ3n) is 2.69. The van der Waals surface area contributed by atoms with E-state index in [1.54, 1.807) is 0 Å². The van der Waals surface area contributed by atoms with Crippen LogP contribution in [0.1, 0.15) is 12.0 Å². The third kappa shape index (κ3) is 6.93. The van der Waals surface area contributed by atoms with Crippen molar-refractivity contribution >= 4 is 15.7 Å². The maximum absolute atomic E-state index is 11.6. The molecule has 0 aromatic heterocycles.